The van der Waals surface area contributed by atoms with Gasteiger partial charge in [0.1, 0.15) is 6.07 Å². The van der Waals surface area contributed by atoms with E-state index in [2.05, 4.69) is 11.1 Å². The van der Waals surface area contributed by atoms with Crippen LogP contribution in [0, 0.1) is 11.3 Å². The van der Waals surface area contributed by atoms with E-state index in [1.54, 1.807) is 49.6 Å². The minimum atomic E-state index is -0.213. The average Bonchev–Trinajstić information content (AvgIpc) is 2.60. The normalized spacial score (nSPS) is 10.3. The summed E-state index contributed by atoms with van der Waals surface area (Å²) in [5, 5.41) is 10.6. The first-order valence-electron chi connectivity index (χ1n) is 6.92. The Morgan fingerprint density at radius 1 is 1.22 bits per heavy atom. The third kappa shape index (κ3) is 2.87. The third-order valence-corrected chi connectivity index (χ3v) is 3.83. The molecular formula is C18H12ClN3O. The molecule has 0 aliphatic rings. The molecule has 1 aromatic heterocycles. The second-order valence-electron chi connectivity index (χ2n) is 5.05. The topological polar surface area (TPSA) is 57.0 Å². The van der Waals surface area contributed by atoms with Gasteiger partial charge in [-0.2, -0.15) is 5.26 Å². The summed E-state index contributed by atoms with van der Waals surface area (Å²) in [6.07, 6.45) is 1.71. The lowest BCUT2D eigenvalue weighted by molar-refractivity contribution is 0.0993. The highest BCUT2D eigenvalue weighted by atomic mass is 35.5. The minimum absolute atomic E-state index is 0.213. The molecule has 1 heterocycles. The molecular weight excluding hydrogens is 310 g/mol. The van der Waals surface area contributed by atoms with Crippen LogP contribution in [-0.2, 0) is 0 Å². The van der Waals surface area contributed by atoms with Gasteiger partial charge in [0.15, 0.2) is 0 Å². The molecule has 3 aromatic rings. The molecule has 112 valence electrons. The van der Waals surface area contributed by atoms with Crippen LogP contribution in [0.1, 0.15) is 15.9 Å². The summed E-state index contributed by atoms with van der Waals surface area (Å²) in [7, 11) is 1.63. The van der Waals surface area contributed by atoms with E-state index in [0.29, 0.717) is 21.8 Å². The zero-order chi connectivity index (χ0) is 16.4. The highest BCUT2D eigenvalue weighted by Crippen LogP contribution is 2.25. The van der Waals surface area contributed by atoms with Gasteiger partial charge in [0.2, 0.25) is 0 Å². The van der Waals surface area contributed by atoms with Crippen LogP contribution in [0.3, 0.4) is 0 Å². The van der Waals surface area contributed by atoms with E-state index in [1.165, 1.54) is 4.90 Å². The Kier molecular flexibility index (Phi) is 3.96. The van der Waals surface area contributed by atoms with Crippen LogP contribution in [0.4, 0.5) is 5.69 Å². The van der Waals surface area contributed by atoms with Crippen LogP contribution in [0.5, 0.6) is 0 Å². The Morgan fingerprint density at radius 2 is 2.04 bits per heavy atom. The molecule has 0 atom stereocenters. The smallest absolute Gasteiger partial charge is 0.258 e. The van der Waals surface area contributed by atoms with Gasteiger partial charge in [-0.3, -0.25) is 9.78 Å². The SMILES string of the molecule is CN(C(=O)c1ccc2ncccc2c1)c1cc(Cl)ccc1C#N. The molecule has 0 unspecified atom stereocenters. The van der Waals surface area contributed by atoms with Crippen molar-refractivity contribution in [3.63, 3.8) is 0 Å². The fraction of sp³-hybridized carbons (Fsp3) is 0.0556. The summed E-state index contributed by atoms with van der Waals surface area (Å²) < 4.78 is 0. The number of anilines is 1. The van der Waals surface area contributed by atoms with Gasteiger partial charge in [0.05, 0.1) is 16.8 Å². The first-order chi connectivity index (χ1) is 11.1. The molecule has 23 heavy (non-hydrogen) atoms. The van der Waals surface area contributed by atoms with E-state index < -0.39 is 0 Å². The number of fused-ring (bicyclic) bond motifs is 1. The van der Waals surface area contributed by atoms with E-state index in [-0.39, 0.29) is 5.91 Å². The standard InChI is InChI=1S/C18H12ClN3O/c1-22(17-10-15(19)6-4-14(17)11-20)18(23)13-5-7-16-12(9-13)3-2-8-21-16/h2-10H,1H3. The van der Waals surface area contributed by atoms with Gasteiger partial charge < -0.3 is 4.90 Å². The molecule has 0 fully saturated rings. The Balaban J connectivity index is 2.01. The number of rotatable bonds is 2. The van der Waals surface area contributed by atoms with Gasteiger partial charge in [-0.25, -0.2) is 0 Å². The molecule has 4 nitrogen and oxygen atoms in total. The summed E-state index contributed by atoms with van der Waals surface area (Å²) in [6, 6.07) is 16.0. The number of pyridine rings is 1. The van der Waals surface area contributed by atoms with Crippen molar-refractivity contribution in [2.45, 2.75) is 0 Å². The lowest BCUT2D eigenvalue weighted by Crippen LogP contribution is -2.27. The Labute approximate surface area is 138 Å². The first-order valence-corrected chi connectivity index (χ1v) is 7.30. The average molecular weight is 322 g/mol. The van der Waals surface area contributed by atoms with E-state index in [9.17, 15) is 10.1 Å². The molecule has 0 spiro atoms. The van der Waals surface area contributed by atoms with Gasteiger partial charge in [-0.15, -0.1) is 0 Å². The van der Waals surface area contributed by atoms with Gasteiger partial charge >= 0.3 is 0 Å². The zero-order valence-corrected chi connectivity index (χ0v) is 13.1. The predicted octanol–water partition coefficient (Wildman–Crippen LogP) is 4.04. The molecule has 5 heteroatoms. The summed E-state index contributed by atoms with van der Waals surface area (Å²) in [4.78, 5) is 18.4. The van der Waals surface area contributed by atoms with Crippen LogP contribution in [0.2, 0.25) is 5.02 Å². The Hall–Kier alpha value is -2.90. The molecule has 0 N–H and O–H groups in total. The van der Waals surface area contributed by atoms with Crippen molar-refractivity contribution in [1.29, 1.82) is 5.26 Å². The summed E-state index contributed by atoms with van der Waals surface area (Å²) in [5.74, 6) is -0.213. The molecule has 1 amide bonds. The molecule has 0 bridgehead atoms. The number of amides is 1. The van der Waals surface area contributed by atoms with Crippen molar-refractivity contribution >= 4 is 34.1 Å². The first kappa shape index (κ1) is 15.0. The Bertz CT molecular complexity index is 946. The number of hydrogen-bond donors (Lipinski definition) is 0. The fourth-order valence-corrected chi connectivity index (χ4v) is 2.55. The molecule has 2 aromatic carbocycles. The van der Waals surface area contributed by atoms with Crippen LogP contribution in [0.15, 0.2) is 54.7 Å². The quantitative estimate of drug-likeness (QED) is 0.716. The summed E-state index contributed by atoms with van der Waals surface area (Å²) in [6.45, 7) is 0. The minimum Gasteiger partial charge on any atom is -0.310 e. The van der Waals surface area contributed by atoms with E-state index in [1.807, 2.05) is 12.1 Å². The molecule has 0 saturated heterocycles. The lowest BCUT2D eigenvalue weighted by atomic mass is 10.1. The highest BCUT2D eigenvalue weighted by molar-refractivity contribution is 6.31. The molecule has 0 aliphatic heterocycles. The molecule has 0 saturated carbocycles. The monoisotopic (exact) mass is 321 g/mol. The number of nitrogens with zero attached hydrogens (tertiary/aromatic N) is 3. The van der Waals surface area contributed by atoms with Gasteiger partial charge in [0.25, 0.3) is 5.91 Å². The van der Waals surface area contributed by atoms with Crippen LogP contribution >= 0.6 is 11.6 Å². The number of benzene rings is 2. The highest BCUT2D eigenvalue weighted by Gasteiger charge is 2.17. The van der Waals surface area contributed by atoms with E-state index >= 15 is 0 Å². The molecule has 0 radical (unpaired) electrons. The maximum Gasteiger partial charge on any atom is 0.258 e. The van der Waals surface area contributed by atoms with Gasteiger partial charge in [0, 0.05) is 29.2 Å². The largest absolute Gasteiger partial charge is 0.310 e. The predicted molar refractivity (Wildman–Crippen MR) is 90.6 cm³/mol. The van der Waals surface area contributed by atoms with E-state index in [4.69, 9.17) is 11.6 Å². The number of halogens is 1. The van der Waals surface area contributed by atoms with E-state index in [0.717, 1.165) is 10.9 Å². The van der Waals surface area contributed by atoms with Crippen LogP contribution in [-0.4, -0.2) is 17.9 Å². The number of aromatic nitrogens is 1. The third-order valence-electron chi connectivity index (χ3n) is 3.60. The van der Waals surface area contributed by atoms with Gasteiger partial charge in [-0.1, -0.05) is 17.7 Å². The maximum atomic E-state index is 12.7. The van der Waals surface area contributed by atoms with Crippen molar-refractivity contribution in [2.24, 2.45) is 0 Å². The second-order valence-corrected chi connectivity index (χ2v) is 5.48. The number of nitriles is 1. The van der Waals surface area contributed by atoms with Crippen molar-refractivity contribution in [1.82, 2.24) is 4.98 Å². The van der Waals surface area contributed by atoms with Crippen LogP contribution < -0.4 is 4.90 Å². The number of carbonyl (C=O) groups excluding carboxylic acids is 1. The summed E-state index contributed by atoms with van der Waals surface area (Å²) >= 11 is 5.99. The fourth-order valence-electron chi connectivity index (χ4n) is 2.39. The van der Waals surface area contributed by atoms with Crippen LogP contribution in [0.25, 0.3) is 10.9 Å². The Morgan fingerprint density at radius 3 is 2.83 bits per heavy atom. The van der Waals surface area contributed by atoms with Gasteiger partial charge in [-0.05, 0) is 42.5 Å². The van der Waals surface area contributed by atoms with Crippen molar-refractivity contribution in [3.05, 3.63) is 70.9 Å². The van der Waals surface area contributed by atoms with Crippen molar-refractivity contribution < 1.29 is 4.79 Å². The molecule has 0 aliphatic carbocycles. The molecule has 3 rings (SSSR count). The summed E-state index contributed by atoms with van der Waals surface area (Å²) in [5.41, 5.74) is 2.23. The lowest BCUT2D eigenvalue weighted by Gasteiger charge is -2.19. The second kappa shape index (κ2) is 6.07. The van der Waals surface area contributed by atoms with Crippen molar-refractivity contribution in [2.75, 3.05) is 11.9 Å². The number of carbonyl (C=O) groups is 1. The van der Waals surface area contributed by atoms with Crippen molar-refractivity contribution in [3.8, 4) is 6.07 Å². The number of hydrogen-bond acceptors (Lipinski definition) is 3. The maximum absolute atomic E-state index is 12.7. The zero-order valence-electron chi connectivity index (χ0n) is 12.3.